The molecule has 4 heteroatoms. The molecule has 1 atom stereocenters. The minimum atomic E-state index is 0.384. The van der Waals surface area contributed by atoms with E-state index in [9.17, 15) is 4.79 Å². The van der Waals surface area contributed by atoms with Crippen molar-refractivity contribution in [3.63, 3.8) is 0 Å². The molecule has 2 rings (SSSR count). The Morgan fingerprint density at radius 3 is 2.43 bits per heavy atom. The van der Waals surface area contributed by atoms with E-state index in [1.807, 2.05) is 18.2 Å². The van der Waals surface area contributed by atoms with Crippen LogP contribution >= 0.6 is 11.6 Å². The number of carbonyl (C=O) groups is 1. The first-order valence-electron chi connectivity index (χ1n) is 7.75. The molecule has 3 nitrogen and oxygen atoms in total. The lowest BCUT2D eigenvalue weighted by atomic mass is 9.98. The van der Waals surface area contributed by atoms with Crippen molar-refractivity contribution in [2.45, 2.75) is 26.2 Å². The predicted octanol–water partition coefficient (Wildman–Crippen LogP) is 5.12. The van der Waals surface area contributed by atoms with Crippen molar-refractivity contribution < 1.29 is 14.3 Å². The molecule has 0 N–H and O–H groups in total. The summed E-state index contributed by atoms with van der Waals surface area (Å²) in [5.41, 5.74) is 1.74. The SMILES string of the molecule is CC[C@H](C)c1ccccc1OCCOc1ccc(C=O)cc1Cl. The number of carbonyl (C=O) groups excluding carboxylic acids is 1. The Morgan fingerprint density at radius 1 is 1.09 bits per heavy atom. The summed E-state index contributed by atoms with van der Waals surface area (Å²) in [4.78, 5) is 10.7. The summed E-state index contributed by atoms with van der Waals surface area (Å²) in [7, 11) is 0. The molecule has 0 unspecified atom stereocenters. The van der Waals surface area contributed by atoms with Crippen LogP contribution in [0.25, 0.3) is 0 Å². The molecule has 2 aromatic rings. The largest absolute Gasteiger partial charge is 0.490 e. The molecule has 0 aliphatic rings. The highest BCUT2D eigenvalue weighted by atomic mass is 35.5. The van der Waals surface area contributed by atoms with Crippen LogP contribution in [0, 0.1) is 0 Å². The van der Waals surface area contributed by atoms with Crippen LogP contribution in [0.1, 0.15) is 42.1 Å². The number of halogens is 1. The Kier molecular flexibility index (Phi) is 6.48. The van der Waals surface area contributed by atoms with Crippen LogP contribution in [-0.4, -0.2) is 19.5 Å². The lowest BCUT2D eigenvalue weighted by molar-refractivity contribution is 0.112. The smallest absolute Gasteiger partial charge is 0.150 e. The van der Waals surface area contributed by atoms with Gasteiger partial charge in [-0.2, -0.15) is 0 Å². The molecule has 0 fully saturated rings. The maximum atomic E-state index is 10.7. The van der Waals surface area contributed by atoms with Crippen molar-refractivity contribution in [1.82, 2.24) is 0 Å². The van der Waals surface area contributed by atoms with Gasteiger partial charge in [0.2, 0.25) is 0 Å². The van der Waals surface area contributed by atoms with E-state index in [1.54, 1.807) is 18.2 Å². The summed E-state index contributed by atoms with van der Waals surface area (Å²) in [6, 6.07) is 13.0. The van der Waals surface area contributed by atoms with Gasteiger partial charge in [0.05, 0.1) is 5.02 Å². The zero-order valence-electron chi connectivity index (χ0n) is 13.4. The Morgan fingerprint density at radius 2 is 1.78 bits per heavy atom. The fourth-order valence-corrected chi connectivity index (χ4v) is 2.49. The van der Waals surface area contributed by atoms with E-state index >= 15 is 0 Å². The summed E-state index contributed by atoms with van der Waals surface area (Å²) < 4.78 is 11.5. The molecule has 122 valence electrons. The third kappa shape index (κ3) is 4.73. The molecular formula is C19H21ClO3. The summed E-state index contributed by atoms with van der Waals surface area (Å²) >= 11 is 6.06. The van der Waals surface area contributed by atoms with Gasteiger partial charge in [0.1, 0.15) is 31.0 Å². The van der Waals surface area contributed by atoms with Gasteiger partial charge >= 0.3 is 0 Å². The number of ether oxygens (including phenoxy) is 2. The van der Waals surface area contributed by atoms with E-state index in [2.05, 4.69) is 19.9 Å². The van der Waals surface area contributed by atoms with Gasteiger partial charge in [0, 0.05) is 5.56 Å². The third-order valence-electron chi connectivity index (χ3n) is 3.75. The van der Waals surface area contributed by atoms with E-state index in [-0.39, 0.29) is 0 Å². The third-order valence-corrected chi connectivity index (χ3v) is 4.05. The van der Waals surface area contributed by atoms with Crippen molar-refractivity contribution in [1.29, 1.82) is 0 Å². The Hall–Kier alpha value is -2.00. The van der Waals surface area contributed by atoms with E-state index < -0.39 is 0 Å². The normalized spacial score (nSPS) is 11.8. The molecule has 0 aliphatic heterocycles. The second-order valence-electron chi connectivity index (χ2n) is 5.35. The minimum Gasteiger partial charge on any atom is -0.490 e. The molecule has 0 saturated carbocycles. The quantitative estimate of drug-likeness (QED) is 0.497. The molecule has 0 aromatic heterocycles. The van der Waals surface area contributed by atoms with Crippen molar-refractivity contribution in [3.05, 3.63) is 58.6 Å². The first-order valence-corrected chi connectivity index (χ1v) is 8.12. The number of hydrogen-bond donors (Lipinski definition) is 0. The Balaban J connectivity index is 1.90. The van der Waals surface area contributed by atoms with Gasteiger partial charge in [-0.3, -0.25) is 4.79 Å². The van der Waals surface area contributed by atoms with E-state index in [0.29, 0.717) is 35.5 Å². The van der Waals surface area contributed by atoms with Gasteiger partial charge in [0.15, 0.2) is 0 Å². The van der Waals surface area contributed by atoms with Crippen molar-refractivity contribution in [3.8, 4) is 11.5 Å². The van der Waals surface area contributed by atoms with Gasteiger partial charge in [0.25, 0.3) is 0 Å². The lowest BCUT2D eigenvalue weighted by Crippen LogP contribution is -2.10. The van der Waals surface area contributed by atoms with Crippen molar-refractivity contribution in [2.24, 2.45) is 0 Å². The summed E-state index contributed by atoms with van der Waals surface area (Å²) in [6.45, 7) is 5.16. The van der Waals surface area contributed by atoms with Crippen LogP contribution in [0.3, 0.4) is 0 Å². The molecule has 0 aliphatic carbocycles. The zero-order valence-corrected chi connectivity index (χ0v) is 14.2. The standard InChI is InChI=1S/C19H21ClO3/c1-3-14(2)16-6-4-5-7-18(16)22-10-11-23-19-9-8-15(13-21)12-17(19)20/h4-9,12-14H,3,10-11H2,1-2H3/t14-/m0/s1. The van der Waals surface area contributed by atoms with E-state index in [0.717, 1.165) is 18.5 Å². The van der Waals surface area contributed by atoms with Crippen LogP contribution in [0.15, 0.2) is 42.5 Å². The molecule has 0 heterocycles. The van der Waals surface area contributed by atoms with E-state index in [1.165, 1.54) is 5.56 Å². The molecule has 0 amide bonds. The summed E-state index contributed by atoms with van der Waals surface area (Å²) in [5, 5.41) is 0.426. The lowest BCUT2D eigenvalue weighted by Gasteiger charge is -2.16. The maximum Gasteiger partial charge on any atom is 0.150 e. The molecule has 0 saturated heterocycles. The highest BCUT2D eigenvalue weighted by Gasteiger charge is 2.09. The van der Waals surface area contributed by atoms with E-state index in [4.69, 9.17) is 21.1 Å². The van der Waals surface area contributed by atoms with Crippen LogP contribution in [-0.2, 0) is 0 Å². The van der Waals surface area contributed by atoms with Crippen LogP contribution < -0.4 is 9.47 Å². The molecule has 0 spiro atoms. The monoisotopic (exact) mass is 332 g/mol. The molecule has 23 heavy (non-hydrogen) atoms. The van der Waals surface area contributed by atoms with Crippen LogP contribution in [0.4, 0.5) is 0 Å². The summed E-state index contributed by atoms with van der Waals surface area (Å²) in [5.74, 6) is 1.90. The Labute approximate surface area is 142 Å². The highest BCUT2D eigenvalue weighted by molar-refractivity contribution is 6.32. The van der Waals surface area contributed by atoms with Crippen LogP contribution in [0.2, 0.25) is 5.02 Å². The van der Waals surface area contributed by atoms with Gasteiger partial charge in [-0.15, -0.1) is 0 Å². The first kappa shape index (κ1) is 17.4. The van der Waals surface area contributed by atoms with Crippen LogP contribution in [0.5, 0.6) is 11.5 Å². The number of rotatable bonds is 8. The predicted molar refractivity (Wildman–Crippen MR) is 93.0 cm³/mol. The summed E-state index contributed by atoms with van der Waals surface area (Å²) in [6.07, 6.45) is 1.82. The molecule has 2 aromatic carbocycles. The minimum absolute atomic E-state index is 0.384. The zero-order chi connectivity index (χ0) is 16.7. The van der Waals surface area contributed by atoms with Gasteiger partial charge < -0.3 is 9.47 Å². The molecular weight excluding hydrogens is 312 g/mol. The molecule has 0 radical (unpaired) electrons. The van der Waals surface area contributed by atoms with Gasteiger partial charge in [-0.1, -0.05) is 43.6 Å². The average Bonchev–Trinajstić information content (AvgIpc) is 2.59. The fraction of sp³-hybridized carbons (Fsp3) is 0.316. The number of para-hydroxylation sites is 1. The second-order valence-corrected chi connectivity index (χ2v) is 5.76. The molecule has 0 bridgehead atoms. The number of hydrogen-bond acceptors (Lipinski definition) is 3. The first-order chi connectivity index (χ1) is 11.2. The van der Waals surface area contributed by atoms with Gasteiger partial charge in [-0.05, 0) is 42.2 Å². The fourth-order valence-electron chi connectivity index (χ4n) is 2.25. The van der Waals surface area contributed by atoms with Crippen molar-refractivity contribution in [2.75, 3.05) is 13.2 Å². The number of benzene rings is 2. The highest BCUT2D eigenvalue weighted by Crippen LogP contribution is 2.28. The topological polar surface area (TPSA) is 35.5 Å². The van der Waals surface area contributed by atoms with Crippen molar-refractivity contribution >= 4 is 17.9 Å². The number of aldehydes is 1. The average molecular weight is 333 g/mol. The van der Waals surface area contributed by atoms with Gasteiger partial charge in [-0.25, -0.2) is 0 Å². The second kappa shape index (κ2) is 8.59. The maximum absolute atomic E-state index is 10.7. The Bertz CT molecular complexity index is 655.